The van der Waals surface area contributed by atoms with Crippen LogP contribution < -0.4 is 0 Å². The molecule has 58 valence electrons. The van der Waals surface area contributed by atoms with Crippen LogP contribution in [0, 0.1) is 0 Å². The van der Waals surface area contributed by atoms with Gasteiger partial charge in [0, 0.05) is 0 Å². The van der Waals surface area contributed by atoms with Crippen molar-refractivity contribution < 1.29 is 5.11 Å². The number of rotatable bonds is 1. The Labute approximate surface area is 74.5 Å². The molecule has 1 rings (SSSR count). The number of phenols is 1. The second-order valence-corrected chi connectivity index (χ2v) is 3.30. The van der Waals surface area contributed by atoms with Gasteiger partial charge in [0.05, 0.1) is 4.47 Å². The zero-order chi connectivity index (χ0) is 8.43. The smallest absolute Gasteiger partial charge is 0.129 e. The molecule has 0 amide bonds. The Kier molecular flexibility index (Phi) is 2.35. The summed E-state index contributed by atoms with van der Waals surface area (Å²) in [6, 6.07) is 5.33. The summed E-state index contributed by atoms with van der Waals surface area (Å²) < 4.78 is 0.706. The normalized spacial score (nSPS) is 9.64. The first-order chi connectivity index (χ1) is 5.11. The molecule has 0 aliphatic heterocycles. The van der Waals surface area contributed by atoms with E-state index in [0.717, 1.165) is 11.1 Å². The molecule has 1 nitrogen and oxygen atoms in total. The van der Waals surface area contributed by atoms with Crippen LogP contribution in [0.5, 0.6) is 5.75 Å². The van der Waals surface area contributed by atoms with Gasteiger partial charge in [0.2, 0.25) is 0 Å². The Bertz CT molecular complexity index is 292. The highest BCUT2D eigenvalue weighted by molar-refractivity contribution is 9.10. The second-order valence-electron chi connectivity index (χ2n) is 2.45. The van der Waals surface area contributed by atoms with Crippen molar-refractivity contribution in [3.8, 4) is 5.75 Å². The Morgan fingerprint density at radius 2 is 2.18 bits per heavy atom. The summed E-state index contributed by atoms with van der Waals surface area (Å²) in [7, 11) is 0. The summed E-state index contributed by atoms with van der Waals surface area (Å²) in [6.07, 6.45) is 0. The molecular weight excluding hydrogens is 204 g/mol. The van der Waals surface area contributed by atoms with Gasteiger partial charge in [0.15, 0.2) is 0 Å². The van der Waals surface area contributed by atoms with E-state index in [1.807, 2.05) is 19.1 Å². The van der Waals surface area contributed by atoms with E-state index in [0.29, 0.717) is 4.47 Å². The van der Waals surface area contributed by atoms with E-state index in [1.54, 1.807) is 6.07 Å². The lowest BCUT2D eigenvalue weighted by atomic mass is 10.1. The number of halogens is 1. The first-order valence-electron chi connectivity index (χ1n) is 3.25. The predicted octanol–water partition coefficient (Wildman–Crippen LogP) is 3.19. The van der Waals surface area contributed by atoms with Gasteiger partial charge in [-0.25, -0.2) is 0 Å². The highest BCUT2D eigenvalue weighted by Crippen LogP contribution is 2.26. The molecule has 0 saturated heterocycles. The molecule has 1 aromatic carbocycles. The predicted molar refractivity (Wildman–Crippen MR) is 50.5 cm³/mol. The molecule has 0 aliphatic rings. The lowest BCUT2D eigenvalue weighted by Crippen LogP contribution is -1.77. The van der Waals surface area contributed by atoms with Crippen LogP contribution in [-0.4, -0.2) is 5.11 Å². The molecule has 0 fully saturated rings. The molecule has 0 heterocycles. The van der Waals surface area contributed by atoms with E-state index in [4.69, 9.17) is 5.11 Å². The average Bonchev–Trinajstić information content (AvgIpc) is 1.94. The fourth-order valence-electron chi connectivity index (χ4n) is 0.772. The Balaban J connectivity index is 3.15. The van der Waals surface area contributed by atoms with Crippen molar-refractivity contribution in [1.29, 1.82) is 0 Å². The largest absolute Gasteiger partial charge is 0.507 e. The van der Waals surface area contributed by atoms with Crippen LogP contribution >= 0.6 is 15.9 Å². The number of phenolic OH excluding ortho intramolecular Hbond substituents is 1. The van der Waals surface area contributed by atoms with E-state index < -0.39 is 0 Å². The lowest BCUT2D eigenvalue weighted by molar-refractivity contribution is 0.472. The second kappa shape index (κ2) is 3.09. The zero-order valence-electron chi connectivity index (χ0n) is 6.26. The molecule has 1 N–H and O–H groups in total. The molecular formula is C9H9BrO. The van der Waals surface area contributed by atoms with E-state index in [1.165, 1.54) is 0 Å². The number of allylic oxidation sites excluding steroid dienone is 1. The van der Waals surface area contributed by atoms with E-state index in [9.17, 15) is 0 Å². The third-order valence-corrected chi connectivity index (χ3v) is 2.08. The van der Waals surface area contributed by atoms with Crippen molar-refractivity contribution in [2.75, 3.05) is 0 Å². The van der Waals surface area contributed by atoms with Gasteiger partial charge in [-0.3, -0.25) is 0 Å². The Hall–Kier alpha value is -0.760. The molecule has 0 unspecified atom stereocenters. The van der Waals surface area contributed by atoms with E-state index in [2.05, 4.69) is 22.5 Å². The first-order valence-corrected chi connectivity index (χ1v) is 4.05. The van der Waals surface area contributed by atoms with Gasteiger partial charge in [0.1, 0.15) is 5.75 Å². The fraction of sp³-hybridized carbons (Fsp3) is 0.111. The number of hydrogen-bond acceptors (Lipinski definition) is 1. The van der Waals surface area contributed by atoms with Crippen molar-refractivity contribution in [3.63, 3.8) is 0 Å². The molecule has 2 heteroatoms. The van der Waals surface area contributed by atoms with Crippen LogP contribution in [0.1, 0.15) is 12.5 Å². The minimum atomic E-state index is 0.259. The summed E-state index contributed by atoms with van der Waals surface area (Å²) in [5.74, 6) is 0.259. The van der Waals surface area contributed by atoms with Crippen molar-refractivity contribution in [2.24, 2.45) is 0 Å². The van der Waals surface area contributed by atoms with Gasteiger partial charge in [0.25, 0.3) is 0 Å². The maximum Gasteiger partial charge on any atom is 0.129 e. The molecule has 0 radical (unpaired) electrons. The summed E-state index contributed by atoms with van der Waals surface area (Å²) in [5.41, 5.74) is 2.03. The minimum Gasteiger partial charge on any atom is -0.507 e. The summed E-state index contributed by atoms with van der Waals surface area (Å²) in [5, 5.41) is 9.15. The maximum absolute atomic E-state index is 9.15. The standard InChI is InChI=1S/C9H9BrO/c1-6(2)7-3-4-9(11)8(10)5-7/h3-5,11H,1H2,2H3. The van der Waals surface area contributed by atoms with E-state index >= 15 is 0 Å². The topological polar surface area (TPSA) is 20.2 Å². The highest BCUT2D eigenvalue weighted by Gasteiger charge is 1.98. The van der Waals surface area contributed by atoms with Gasteiger partial charge < -0.3 is 5.11 Å². The zero-order valence-corrected chi connectivity index (χ0v) is 7.85. The molecule has 0 bridgehead atoms. The van der Waals surface area contributed by atoms with Crippen molar-refractivity contribution in [2.45, 2.75) is 6.92 Å². The average molecular weight is 213 g/mol. The number of benzene rings is 1. The summed E-state index contributed by atoms with van der Waals surface area (Å²) >= 11 is 3.22. The van der Waals surface area contributed by atoms with Crippen molar-refractivity contribution in [3.05, 3.63) is 34.8 Å². The quantitative estimate of drug-likeness (QED) is 0.759. The summed E-state index contributed by atoms with van der Waals surface area (Å²) in [6.45, 7) is 5.72. The van der Waals surface area contributed by atoms with Crippen LogP contribution in [0.3, 0.4) is 0 Å². The van der Waals surface area contributed by atoms with Crippen LogP contribution in [0.25, 0.3) is 5.57 Å². The molecule has 0 aliphatic carbocycles. The summed E-state index contributed by atoms with van der Waals surface area (Å²) in [4.78, 5) is 0. The van der Waals surface area contributed by atoms with Crippen LogP contribution in [0.15, 0.2) is 29.3 Å². The van der Waals surface area contributed by atoms with Crippen molar-refractivity contribution in [1.82, 2.24) is 0 Å². The minimum absolute atomic E-state index is 0.259. The van der Waals surface area contributed by atoms with Gasteiger partial charge >= 0.3 is 0 Å². The third-order valence-electron chi connectivity index (χ3n) is 1.44. The Morgan fingerprint density at radius 1 is 1.55 bits per heavy atom. The van der Waals surface area contributed by atoms with E-state index in [-0.39, 0.29) is 5.75 Å². The first kappa shape index (κ1) is 8.34. The van der Waals surface area contributed by atoms with Crippen LogP contribution in [-0.2, 0) is 0 Å². The monoisotopic (exact) mass is 212 g/mol. The number of aromatic hydroxyl groups is 1. The molecule has 1 aromatic rings. The lowest BCUT2D eigenvalue weighted by Gasteiger charge is -2.01. The molecule has 0 aromatic heterocycles. The van der Waals surface area contributed by atoms with Crippen molar-refractivity contribution >= 4 is 21.5 Å². The van der Waals surface area contributed by atoms with Crippen LogP contribution in [0.4, 0.5) is 0 Å². The van der Waals surface area contributed by atoms with Gasteiger partial charge in [-0.1, -0.05) is 18.2 Å². The maximum atomic E-state index is 9.15. The highest BCUT2D eigenvalue weighted by atomic mass is 79.9. The third kappa shape index (κ3) is 1.84. The Morgan fingerprint density at radius 3 is 2.64 bits per heavy atom. The number of hydrogen-bond donors (Lipinski definition) is 1. The molecule has 0 saturated carbocycles. The molecule has 0 atom stereocenters. The van der Waals surface area contributed by atoms with Gasteiger partial charge in [-0.05, 0) is 40.5 Å². The van der Waals surface area contributed by atoms with Gasteiger partial charge in [-0.2, -0.15) is 0 Å². The van der Waals surface area contributed by atoms with Gasteiger partial charge in [-0.15, -0.1) is 0 Å². The SMILES string of the molecule is C=C(C)c1ccc(O)c(Br)c1. The molecule has 11 heavy (non-hydrogen) atoms. The van der Waals surface area contributed by atoms with Crippen LogP contribution in [0.2, 0.25) is 0 Å². The fourth-order valence-corrected chi connectivity index (χ4v) is 1.15. The molecule has 0 spiro atoms.